The molecule has 2 aromatic rings. The number of carbonyl (C=O) groups excluding carboxylic acids is 2. The van der Waals surface area contributed by atoms with Crippen LogP contribution in [0.3, 0.4) is 0 Å². The first-order chi connectivity index (χ1) is 16.4. The number of nitrogens with zero attached hydrogens (tertiary/aromatic N) is 2. The zero-order valence-corrected chi connectivity index (χ0v) is 21.1. The van der Waals surface area contributed by atoms with E-state index in [1.54, 1.807) is 32.0 Å². The predicted molar refractivity (Wildman–Crippen MR) is 133 cm³/mol. The lowest BCUT2D eigenvalue weighted by atomic mass is 9.79. The summed E-state index contributed by atoms with van der Waals surface area (Å²) in [6, 6.07) is 13.8. The highest BCUT2D eigenvalue weighted by molar-refractivity contribution is 7.98. The fraction of sp³-hybridized carbons (Fsp3) is 0.462. The largest absolute Gasteiger partial charge is 0.493 e. The summed E-state index contributed by atoms with van der Waals surface area (Å²) in [5, 5.41) is 3.01. The minimum atomic E-state index is -0.894. The van der Waals surface area contributed by atoms with E-state index in [1.807, 2.05) is 19.1 Å². The number of benzene rings is 2. The predicted octanol–water partition coefficient (Wildman–Crippen LogP) is 4.15. The van der Waals surface area contributed by atoms with Crippen LogP contribution in [-0.4, -0.2) is 60.8 Å². The molecule has 34 heavy (non-hydrogen) atoms. The van der Waals surface area contributed by atoms with Crippen molar-refractivity contribution in [2.45, 2.75) is 43.3 Å². The highest BCUT2D eigenvalue weighted by Crippen LogP contribution is 2.36. The number of urea groups is 1. The number of hydrogen-bond acceptors (Lipinski definition) is 6. The van der Waals surface area contributed by atoms with Gasteiger partial charge < -0.3 is 14.8 Å². The number of likely N-dealkylation sites (tertiary alicyclic amines) is 1. The third-order valence-electron chi connectivity index (χ3n) is 7.08. The van der Waals surface area contributed by atoms with E-state index in [9.17, 15) is 9.59 Å². The summed E-state index contributed by atoms with van der Waals surface area (Å²) in [6.45, 7) is 4.72. The van der Waals surface area contributed by atoms with E-state index in [0.717, 1.165) is 38.0 Å². The van der Waals surface area contributed by atoms with Gasteiger partial charge in [0.15, 0.2) is 11.5 Å². The summed E-state index contributed by atoms with van der Waals surface area (Å²) >= 11 is 1.74. The second-order valence-electron chi connectivity index (χ2n) is 9.07. The van der Waals surface area contributed by atoms with Gasteiger partial charge >= 0.3 is 6.03 Å². The first kappa shape index (κ1) is 24.4. The quantitative estimate of drug-likeness (QED) is 0.449. The molecule has 0 saturated carbocycles. The highest BCUT2D eigenvalue weighted by Gasteiger charge is 2.52. The number of carbonyl (C=O) groups is 2. The number of hydrogen-bond donors (Lipinski definition) is 1. The zero-order valence-electron chi connectivity index (χ0n) is 20.3. The van der Waals surface area contributed by atoms with Gasteiger partial charge in [-0.3, -0.25) is 14.6 Å². The van der Waals surface area contributed by atoms with Crippen molar-refractivity contribution in [2.75, 3.05) is 33.6 Å². The molecule has 2 aromatic carbocycles. The maximum atomic E-state index is 13.5. The Morgan fingerprint density at radius 1 is 1.03 bits per heavy atom. The van der Waals surface area contributed by atoms with Gasteiger partial charge in [-0.05, 0) is 68.8 Å². The number of rotatable bonds is 8. The third-order valence-corrected chi connectivity index (χ3v) is 7.83. The van der Waals surface area contributed by atoms with Crippen LogP contribution in [0.1, 0.15) is 30.9 Å². The van der Waals surface area contributed by atoms with Crippen molar-refractivity contribution < 1.29 is 19.1 Å². The van der Waals surface area contributed by atoms with Crippen LogP contribution in [0.5, 0.6) is 11.5 Å². The minimum Gasteiger partial charge on any atom is -0.493 e. The lowest BCUT2D eigenvalue weighted by molar-refractivity contribution is -0.133. The highest BCUT2D eigenvalue weighted by atomic mass is 32.2. The van der Waals surface area contributed by atoms with Gasteiger partial charge in [-0.2, -0.15) is 0 Å². The maximum absolute atomic E-state index is 13.5. The molecule has 0 aromatic heterocycles. The number of para-hydroxylation sites is 1. The molecule has 7 nitrogen and oxygen atoms in total. The Morgan fingerprint density at radius 3 is 2.35 bits per heavy atom. The number of ether oxygens (including phenoxy) is 2. The van der Waals surface area contributed by atoms with Crippen LogP contribution >= 0.6 is 11.8 Å². The van der Waals surface area contributed by atoms with Crippen molar-refractivity contribution in [3.63, 3.8) is 0 Å². The summed E-state index contributed by atoms with van der Waals surface area (Å²) < 4.78 is 10.8. The molecule has 1 N–H and O–H groups in total. The topological polar surface area (TPSA) is 71.1 Å². The number of methoxy groups -OCH3 is 2. The lowest BCUT2D eigenvalue weighted by Crippen LogP contribution is -2.53. The van der Waals surface area contributed by atoms with Crippen molar-refractivity contribution in [2.24, 2.45) is 5.92 Å². The zero-order chi connectivity index (χ0) is 24.3. The Morgan fingerprint density at radius 2 is 1.74 bits per heavy atom. The summed E-state index contributed by atoms with van der Waals surface area (Å²) in [4.78, 5) is 31.3. The lowest BCUT2D eigenvalue weighted by Gasteiger charge is -2.39. The molecule has 0 bridgehead atoms. The maximum Gasteiger partial charge on any atom is 0.325 e. The van der Waals surface area contributed by atoms with E-state index in [2.05, 4.69) is 40.7 Å². The second kappa shape index (κ2) is 10.3. The molecule has 3 amide bonds. The number of imide groups is 1. The van der Waals surface area contributed by atoms with E-state index < -0.39 is 5.54 Å². The van der Waals surface area contributed by atoms with Gasteiger partial charge in [-0.25, -0.2) is 4.79 Å². The van der Waals surface area contributed by atoms with Gasteiger partial charge in [0.2, 0.25) is 0 Å². The number of nitrogens with one attached hydrogen (secondary N) is 1. The fourth-order valence-electron chi connectivity index (χ4n) is 5.04. The van der Waals surface area contributed by atoms with E-state index in [1.165, 1.54) is 15.4 Å². The van der Waals surface area contributed by atoms with Crippen LogP contribution in [0, 0.1) is 5.92 Å². The first-order valence-electron chi connectivity index (χ1n) is 11.6. The van der Waals surface area contributed by atoms with E-state index >= 15 is 0 Å². The monoisotopic (exact) mass is 483 g/mol. The van der Waals surface area contributed by atoms with Gasteiger partial charge in [0, 0.05) is 17.0 Å². The summed E-state index contributed by atoms with van der Waals surface area (Å²) in [6.07, 6.45) is 3.81. The van der Waals surface area contributed by atoms with Gasteiger partial charge in [0.05, 0.1) is 20.8 Å². The van der Waals surface area contributed by atoms with Gasteiger partial charge in [-0.1, -0.05) is 24.3 Å². The average molecular weight is 484 g/mol. The fourth-order valence-corrected chi connectivity index (χ4v) is 5.45. The van der Waals surface area contributed by atoms with Crippen LogP contribution in [0.25, 0.3) is 0 Å². The molecule has 0 aliphatic carbocycles. The summed E-state index contributed by atoms with van der Waals surface area (Å²) in [7, 11) is 3.13. The van der Waals surface area contributed by atoms with Gasteiger partial charge in [-0.15, -0.1) is 11.8 Å². The smallest absolute Gasteiger partial charge is 0.325 e. The molecular weight excluding hydrogens is 450 g/mol. The molecule has 2 aliphatic heterocycles. The Hall–Kier alpha value is -2.71. The van der Waals surface area contributed by atoms with Gasteiger partial charge in [0.25, 0.3) is 5.91 Å². The standard InChI is InChI=1S/C26H33N3O4S/c1-26(20-12-14-28(15-13-20)16-18-8-10-21(34-4)11-9-18)24(30)29(25(31)27-26)17-19-6-5-7-22(32-2)23(19)33-3/h5-11,20H,12-17H2,1-4H3,(H,27,31)/t26-/m1/s1. The molecule has 2 fully saturated rings. The molecule has 2 aliphatic rings. The normalized spacial score (nSPS) is 21.6. The molecule has 0 radical (unpaired) electrons. The Kier molecular flexibility index (Phi) is 7.38. The van der Waals surface area contributed by atoms with Crippen molar-refractivity contribution in [3.8, 4) is 11.5 Å². The van der Waals surface area contributed by atoms with Crippen LogP contribution < -0.4 is 14.8 Å². The van der Waals surface area contributed by atoms with E-state index in [4.69, 9.17) is 9.47 Å². The number of piperidine rings is 1. The molecular formula is C26H33N3O4S. The second-order valence-corrected chi connectivity index (χ2v) is 9.95. The third kappa shape index (κ3) is 4.74. The molecule has 4 rings (SSSR count). The number of thioether (sulfide) groups is 1. The number of amides is 3. The Balaban J connectivity index is 1.40. The van der Waals surface area contributed by atoms with Crippen LogP contribution in [0.4, 0.5) is 4.79 Å². The van der Waals surface area contributed by atoms with E-state index in [0.29, 0.717) is 11.5 Å². The first-order valence-corrected chi connectivity index (χ1v) is 12.8. The van der Waals surface area contributed by atoms with Crippen LogP contribution in [0.15, 0.2) is 47.4 Å². The molecule has 2 heterocycles. The molecule has 0 unspecified atom stereocenters. The van der Waals surface area contributed by atoms with Gasteiger partial charge in [0.1, 0.15) is 5.54 Å². The van der Waals surface area contributed by atoms with Crippen molar-refractivity contribution in [3.05, 3.63) is 53.6 Å². The Bertz CT molecular complexity index is 1040. The molecule has 0 spiro atoms. The van der Waals surface area contributed by atoms with Crippen molar-refractivity contribution in [1.29, 1.82) is 0 Å². The molecule has 1 atom stereocenters. The van der Waals surface area contributed by atoms with Crippen molar-refractivity contribution >= 4 is 23.7 Å². The summed E-state index contributed by atoms with van der Waals surface area (Å²) in [5.74, 6) is 1.04. The average Bonchev–Trinajstić information content (AvgIpc) is 3.08. The van der Waals surface area contributed by atoms with Crippen LogP contribution in [0.2, 0.25) is 0 Å². The molecule has 2 saturated heterocycles. The molecule has 8 heteroatoms. The molecule has 182 valence electrons. The van der Waals surface area contributed by atoms with E-state index in [-0.39, 0.29) is 24.4 Å². The SMILES string of the molecule is COc1cccc(CN2C(=O)N[C@](C)(C3CCN(Cc4ccc(SC)cc4)CC3)C2=O)c1OC. The Labute approximate surface area is 205 Å². The van der Waals surface area contributed by atoms with Crippen LogP contribution in [-0.2, 0) is 17.9 Å². The van der Waals surface area contributed by atoms with Crippen molar-refractivity contribution in [1.82, 2.24) is 15.1 Å². The minimum absolute atomic E-state index is 0.0938. The summed E-state index contributed by atoms with van der Waals surface area (Å²) in [5.41, 5.74) is 1.14.